The van der Waals surface area contributed by atoms with Crippen LogP contribution in [-0.2, 0) is 6.54 Å². The normalized spacial score (nSPS) is 12.6. The molecule has 3 nitrogen and oxygen atoms in total. The van der Waals surface area contributed by atoms with Crippen molar-refractivity contribution in [2.24, 2.45) is 0 Å². The molecule has 0 saturated heterocycles. The van der Waals surface area contributed by atoms with Crippen LogP contribution in [0.4, 0.5) is 5.69 Å². The molecule has 0 bridgehead atoms. The van der Waals surface area contributed by atoms with Gasteiger partial charge in [0, 0.05) is 39.4 Å². The predicted molar refractivity (Wildman–Crippen MR) is 127 cm³/mol. The van der Waals surface area contributed by atoms with Gasteiger partial charge in [0.15, 0.2) is 0 Å². The van der Waals surface area contributed by atoms with Crippen LogP contribution in [0.5, 0.6) is 0 Å². The van der Waals surface area contributed by atoms with Gasteiger partial charge in [-0.1, -0.05) is 59.7 Å². The summed E-state index contributed by atoms with van der Waals surface area (Å²) in [5, 5.41) is 19.2. The second kappa shape index (κ2) is 7.51. The fourth-order valence-electron chi connectivity index (χ4n) is 4.41. The third-order valence-corrected chi connectivity index (χ3v) is 5.89. The van der Waals surface area contributed by atoms with Gasteiger partial charge >= 0.3 is 0 Å². The molecule has 0 saturated carbocycles. The monoisotopic (exact) mass is 394 g/mol. The second-order valence-corrected chi connectivity index (χ2v) is 8.21. The zero-order valence-electron chi connectivity index (χ0n) is 17.4. The van der Waals surface area contributed by atoms with Gasteiger partial charge in [0.1, 0.15) is 0 Å². The Balaban J connectivity index is 1.45. The van der Waals surface area contributed by atoms with Gasteiger partial charge in [-0.25, -0.2) is 0 Å². The first kappa shape index (κ1) is 18.7. The average molecular weight is 395 g/mol. The number of rotatable bonds is 5. The highest BCUT2D eigenvalue weighted by Crippen LogP contribution is 2.31. The van der Waals surface area contributed by atoms with E-state index in [0.717, 1.165) is 5.69 Å². The molecular formula is C27H26N2O. The van der Waals surface area contributed by atoms with Crippen LogP contribution >= 0.6 is 0 Å². The molecule has 150 valence electrons. The van der Waals surface area contributed by atoms with Crippen LogP contribution in [0.1, 0.15) is 11.1 Å². The highest BCUT2D eigenvalue weighted by atomic mass is 16.3. The van der Waals surface area contributed by atoms with E-state index in [-0.39, 0.29) is 0 Å². The molecule has 30 heavy (non-hydrogen) atoms. The Labute approximate surface area is 176 Å². The molecule has 0 aliphatic heterocycles. The summed E-state index contributed by atoms with van der Waals surface area (Å²) in [6, 6.07) is 27.7. The lowest BCUT2D eigenvalue weighted by molar-refractivity contribution is 0.169. The van der Waals surface area contributed by atoms with Crippen molar-refractivity contribution in [2.45, 2.75) is 26.5 Å². The zero-order chi connectivity index (χ0) is 20.7. The van der Waals surface area contributed by atoms with E-state index < -0.39 is 6.10 Å². The molecule has 3 heteroatoms. The number of aliphatic hydroxyl groups excluding tert-OH is 1. The van der Waals surface area contributed by atoms with Crippen molar-refractivity contribution >= 4 is 38.3 Å². The molecule has 1 atom stereocenters. The van der Waals surface area contributed by atoms with Crippen LogP contribution in [0.2, 0.25) is 0 Å². The van der Waals surface area contributed by atoms with Crippen molar-refractivity contribution < 1.29 is 5.11 Å². The van der Waals surface area contributed by atoms with Crippen molar-refractivity contribution in [3.05, 3.63) is 90.0 Å². The summed E-state index contributed by atoms with van der Waals surface area (Å²) in [7, 11) is 0. The lowest BCUT2D eigenvalue weighted by Crippen LogP contribution is -2.24. The fraction of sp³-hybridized carbons (Fsp3) is 0.185. The molecule has 0 aliphatic rings. The number of hydrogen-bond acceptors (Lipinski definition) is 2. The summed E-state index contributed by atoms with van der Waals surface area (Å²) in [5.74, 6) is 0. The van der Waals surface area contributed by atoms with E-state index in [1.165, 1.54) is 43.7 Å². The van der Waals surface area contributed by atoms with Gasteiger partial charge in [0.05, 0.1) is 12.6 Å². The Kier molecular flexibility index (Phi) is 4.68. The Bertz CT molecular complexity index is 1300. The minimum Gasteiger partial charge on any atom is -0.389 e. The Morgan fingerprint density at radius 1 is 0.767 bits per heavy atom. The van der Waals surface area contributed by atoms with E-state index in [1.54, 1.807) is 0 Å². The highest BCUT2D eigenvalue weighted by molar-refractivity contribution is 6.08. The highest BCUT2D eigenvalue weighted by Gasteiger charge is 2.14. The quantitative estimate of drug-likeness (QED) is 0.381. The summed E-state index contributed by atoms with van der Waals surface area (Å²) in [4.78, 5) is 0. The summed E-state index contributed by atoms with van der Waals surface area (Å²) in [6.07, 6.45) is -0.509. The van der Waals surface area contributed by atoms with Crippen LogP contribution in [-0.4, -0.2) is 22.3 Å². The first-order valence-corrected chi connectivity index (χ1v) is 10.5. The number of aromatic nitrogens is 1. The van der Waals surface area contributed by atoms with Gasteiger partial charge in [-0.15, -0.1) is 0 Å². The van der Waals surface area contributed by atoms with Crippen LogP contribution in [0.25, 0.3) is 32.6 Å². The van der Waals surface area contributed by atoms with Crippen molar-refractivity contribution in [1.29, 1.82) is 0 Å². The van der Waals surface area contributed by atoms with Gasteiger partial charge in [-0.2, -0.15) is 0 Å². The van der Waals surface area contributed by atoms with Crippen LogP contribution in [0, 0.1) is 13.8 Å². The van der Waals surface area contributed by atoms with Crippen LogP contribution < -0.4 is 5.32 Å². The van der Waals surface area contributed by atoms with Crippen LogP contribution in [0.3, 0.4) is 0 Å². The Morgan fingerprint density at radius 2 is 1.40 bits per heavy atom. The molecule has 0 fully saturated rings. The van der Waals surface area contributed by atoms with Gasteiger partial charge in [-0.3, -0.25) is 0 Å². The maximum atomic E-state index is 10.9. The standard InChI is InChI=1S/C27H26N2O/c1-18-10-12-26-23(14-18)24-15-19(2)11-13-27(24)29(26)17-21(30)16-28-25-9-5-7-20-6-3-4-8-22(20)25/h3-15,21,28,30H,16-17H2,1-2H3. The molecule has 1 aromatic heterocycles. The third-order valence-electron chi connectivity index (χ3n) is 5.89. The number of anilines is 1. The summed E-state index contributed by atoms with van der Waals surface area (Å²) < 4.78 is 2.25. The van der Waals surface area contributed by atoms with E-state index >= 15 is 0 Å². The topological polar surface area (TPSA) is 37.2 Å². The Morgan fingerprint density at radius 3 is 2.10 bits per heavy atom. The SMILES string of the molecule is Cc1ccc2c(c1)c1cc(C)ccc1n2CC(O)CNc1cccc2ccccc12. The summed E-state index contributed by atoms with van der Waals surface area (Å²) >= 11 is 0. The zero-order valence-corrected chi connectivity index (χ0v) is 17.4. The molecule has 2 N–H and O–H groups in total. The number of fused-ring (bicyclic) bond motifs is 4. The van der Waals surface area contributed by atoms with Crippen molar-refractivity contribution in [2.75, 3.05) is 11.9 Å². The van der Waals surface area contributed by atoms with E-state index in [0.29, 0.717) is 13.1 Å². The fourth-order valence-corrected chi connectivity index (χ4v) is 4.41. The van der Waals surface area contributed by atoms with E-state index in [2.05, 4.69) is 90.5 Å². The molecule has 1 heterocycles. The molecule has 0 spiro atoms. The summed E-state index contributed by atoms with van der Waals surface area (Å²) in [6.45, 7) is 5.29. The lowest BCUT2D eigenvalue weighted by atomic mass is 10.1. The number of nitrogens with zero attached hydrogens (tertiary/aromatic N) is 1. The van der Waals surface area contributed by atoms with Gasteiger partial charge in [-0.05, 0) is 49.6 Å². The maximum Gasteiger partial charge on any atom is 0.0891 e. The van der Waals surface area contributed by atoms with Crippen molar-refractivity contribution in [3.8, 4) is 0 Å². The number of aryl methyl sites for hydroxylation is 2. The molecule has 0 amide bonds. The smallest absolute Gasteiger partial charge is 0.0891 e. The first-order valence-electron chi connectivity index (χ1n) is 10.5. The van der Waals surface area contributed by atoms with E-state index in [9.17, 15) is 5.11 Å². The van der Waals surface area contributed by atoms with E-state index in [1.807, 2.05) is 12.1 Å². The lowest BCUT2D eigenvalue weighted by Gasteiger charge is -2.16. The third kappa shape index (κ3) is 3.31. The first-order chi connectivity index (χ1) is 14.6. The van der Waals surface area contributed by atoms with Gasteiger partial charge < -0.3 is 15.0 Å². The summed E-state index contributed by atoms with van der Waals surface area (Å²) in [5.41, 5.74) is 5.90. The van der Waals surface area contributed by atoms with Gasteiger partial charge in [0.2, 0.25) is 0 Å². The number of hydrogen-bond donors (Lipinski definition) is 2. The molecule has 5 rings (SSSR count). The molecule has 0 aliphatic carbocycles. The number of aliphatic hydroxyl groups is 1. The van der Waals surface area contributed by atoms with Gasteiger partial charge in [0.25, 0.3) is 0 Å². The number of benzene rings is 4. The largest absolute Gasteiger partial charge is 0.389 e. The van der Waals surface area contributed by atoms with Crippen LogP contribution in [0.15, 0.2) is 78.9 Å². The Hall–Kier alpha value is -3.30. The van der Waals surface area contributed by atoms with E-state index in [4.69, 9.17) is 0 Å². The maximum absolute atomic E-state index is 10.9. The second-order valence-electron chi connectivity index (χ2n) is 8.21. The molecule has 1 unspecified atom stereocenters. The predicted octanol–water partition coefficient (Wildman–Crippen LogP) is 6.04. The minimum absolute atomic E-state index is 0.493. The molecule has 4 aromatic carbocycles. The number of nitrogens with one attached hydrogen (secondary N) is 1. The molecule has 5 aromatic rings. The molecule has 0 radical (unpaired) electrons. The van der Waals surface area contributed by atoms with Crippen molar-refractivity contribution in [3.63, 3.8) is 0 Å². The average Bonchev–Trinajstić information content (AvgIpc) is 3.04. The van der Waals surface area contributed by atoms with Crippen molar-refractivity contribution in [1.82, 2.24) is 4.57 Å². The minimum atomic E-state index is -0.509. The molecular weight excluding hydrogens is 368 g/mol.